The predicted octanol–water partition coefficient (Wildman–Crippen LogP) is 6.25. The summed E-state index contributed by atoms with van der Waals surface area (Å²) in [5.41, 5.74) is 2.65. The number of aryl methyl sites for hydroxylation is 1. The Morgan fingerprint density at radius 2 is 1.78 bits per heavy atom. The van der Waals surface area contributed by atoms with Gasteiger partial charge in [0.05, 0.1) is 23.9 Å². The molecule has 8 nitrogen and oxygen atoms in total. The molecule has 0 saturated carbocycles. The van der Waals surface area contributed by atoms with Crippen LogP contribution in [0.4, 0.5) is 10.1 Å². The number of hydrogen-bond acceptors (Lipinski definition) is 7. The van der Waals surface area contributed by atoms with E-state index in [1.807, 2.05) is 37.3 Å². The highest BCUT2D eigenvalue weighted by atomic mass is 32.2. The van der Waals surface area contributed by atoms with Gasteiger partial charge in [0.25, 0.3) is 11.8 Å². The SMILES string of the molecule is Cc1ccc(NC(=O)COc2ccccc2/C=C2\S/C(=N\N=C\c3ccccc3F)N(Cc3ccco3)C2=O)cc1. The molecule has 1 saturated heterocycles. The standard InChI is InChI=1S/C31H25FN4O4S/c1-21-12-14-24(15-13-21)34-29(37)20-40-27-11-5-3-7-22(27)17-28-30(38)36(19-25-9-6-16-39-25)31(41-28)35-33-18-23-8-2-4-10-26(23)32/h2-18H,19-20H2,1H3,(H,34,37)/b28-17-,33-18+,35-31-. The molecular formula is C31H25FN4O4S. The van der Waals surface area contributed by atoms with Gasteiger partial charge in [0, 0.05) is 16.8 Å². The molecule has 1 aliphatic heterocycles. The number of carbonyl (C=O) groups excluding carboxylic acids is 2. The summed E-state index contributed by atoms with van der Waals surface area (Å²) < 4.78 is 25.2. The third-order valence-electron chi connectivity index (χ3n) is 5.93. The summed E-state index contributed by atoms with van der Waals surface area (Å²) in [6, 6.07) is 24.2. The minimum atomic E-state index is -0.427. The van der Waals surface area contributed by atoms with E-state index in [1.165, 1.54) is 23.4 Å². The van der Waals surface area contributed by atoms with Crippen LogP contribution >= 0.6 is 11.8 Å². The summed E-state index contributed by atoms with van der Waals surface area (Å²) in [4.78, 5) is 27.7. The minimum absolute atomic E-state index is 0.140. The molecule has 2 amide bonds. The second-order valence-corrected chi connectivity index (χ2v) is 9.98. The smallest absolute Gasteiger partial charge is 0.267 e. The lowest BCUT2D eigenvalue weighted by atomic mass is 10.2. The van der Waals surface area contributed by atoms with Gasteiger partial charge in [0.2, 0.25) is 0 Å². The van der Waals surface area contributed by atoms with Crippen molar-refractivity contribution in [2.75, 3.05) is 11.9 Å². The number of hydrogen-bond donors (Lipinski definition) is 1. The minimum Gasteiger partial charge on any atom is -0.483 e. The van der Waals surface area contributed by atoms with Crippen LogP contribution in [0.15, 0.2) is 111 Å². The van der Waals surface area contributed by atoms with E-state index in [0.717, 1.165) is 17.3 Å². The number of furan rings is 1. The number of benzene rings is 3. The first-order valence-corrected chi connectivity index (χ1v) is 13.5. The van der Waals surface area contributed by atoms with Crippen molar-refractivity contribution >= 4 is 46.7 Å². The molecular weight excluding hydrogens is 543 g/mol. The fourth-order valence-corrected chi connectivity index (χ4v) is 4.78. The molecule has 41 heavy (non-hydrogen) atoms. The van der Waals surface area contributed by atoms with Gasteiger partial charge in [0.15, 0.2) is 11.8 Å². The van der Waals surface area contributed by atoms with E-state index < -0.39 is 5.82 Å². The van der Waals surface area contributed by atoms with Crippen LogP contribution in [0.25, 0.3) is 6.08 Å². The van der Waals surface area contributed by atoms with E-state index in [0.29, 0.717) is 32.8 Å². The van der Waals surface area contributed by atoms with Gasteiger partial charge in [-0.1, -0.05) is 54.1 Å². The molecule has 206 valence electrons. The molecule has 1 aliphatic rings. The van der Waals surface area contributed by atoms with E-state index in [1.54, 1.807) is 54.6 Å². The number of para-hydroxylation sites is 1. The van der Waals surface area contributed by atoms with Crippen molar-refractivity contribution < 1.29 is 23.1 Å². The molecule has 5 rings (SSSR count). The second-order valence-electron chi connectivity index (χ2n) is 8.97. The predicted molar refractivity (Wildman–Crippen MR) is 158 cm³/mol. The van der Waals surface area contributed by atoms with Crippen LogP contribution in [-0.4, -0.2) is 34.7 Å². The molecule has 2 heterocycles. The van der Waals surface area contributed by atoms with E-state index in [4.69, 9.17) is 9.15 Å². The molecule has 1 aromatic heterocycles. The Kier molecular flexibility index (Phi) is 8.70. The summed E-state index contributed by atoms with van der Waals surface area (Å²) in [7, 11) is 0. The van der Waals surface area contributed by atoms with Crippen molar-refractivity contribution in [3.63, 3.8) is 0 Å². The normalized spacial score (nSPS) is 15.3. The highest BCUT2D eigenvalue weighted by molar-refractivity contribution is 8.18. The van der Waals surface area contributed by atoms with Crippen molar-refractivity contribution in [1.82, 2.24) is 4.90 Å². The number of anilines is 1. The number of halogens is 1. The van der Waals surface area contributed by atoms with Gasteiger partial charge >= 0.3 is 0 Å². The first kappa shape index (κ1) is 27.6. The van der Waals surface area contributed by atoms with Crippen LogP contribution in [0.1, 0.15) is 22.5 Å². The monoisotopic (exact) mass is 568 g/mol. The van der Waals surface area contributed by atoms with Crippen LogP contribution in [0.3, 0.4) is 0 Å². The molecule has 1 fully saturated rings. The largest absolute Gasteiger partial charge is 0.483 e. The summed E-state index contributed by atoms with van der Waals surface area (Å²) in [6.07, 6.45) is 4.50. The molecule has 0 atom stereocenters. The van der Waals surface area contributed by atoms with Gasteiger partial charge < -0.3 is 14.5 Å². The molecule has 4 aromatic rings. The quantitative estimate of drug-likeness (QED) is 0.146. The Bertz CT molecular complexity index is 1630. The zero-order chi connectivity index (χ0) is 28.6. The van der Waals surface area contributed by atoms with E-state index >= 15 is 0 Å². The molecule has 0 radical (unpaired) electrons. The maximum Gasteiger partial charge on any atom is 0.267 e. The highest BCUT2D eigenvalue weighted by Crippen LogP contribution is 2.35. The van der Waals surface area contributed by atoms with Crippen LogP contribution in [0.5, 0.6) is 5.75 Å². The fourth-order valence-electron chi connectivity index (χ4n) is 3.85. The van der Waals surface area contributed by atoms with Crippen LogP contribution in [0, 0.1) is 12.7 Å². The molecule has 1 N–H and O–H groups in total. The van der Waals surface area contributed by atoms with Gasteiger partial charge in [-0.3, -0.25) is 14.5 Å². The first-order valence-electron chi connectivity index (χ1n) is 12.6. The fraction of sp³-hybridized carbons (Fsp3) is 0.0968. The zero-order valence-electron chi connectivity index (χ0n) is 22.0. The average Bonchev–Trinajstić information content (AvgIpc) is 3.59. The maximum absolute atomic E-state index is 14.0. The average molecular weight is 569 g/mol. The highest BCUT2D eigenvalue weighted by Gasteiger charge is 2.34. The topological polar surface area (TPSA) is 96.5 Å². The molecule has 0 spiro atoms. The molecule has 0 aliphatic carbocycles. The number of amides is 2. The Labute approximate surface area is 240 Å². The third-order valence-corrected chi connectivity index (χ3v) is 6.92. The Hall–Kier alpha value is -4.96. The van der Waals surface area contributed by atoms with E-state index in [-0.39, 0.29) is 30.5 Å². The van der Waals surface area contributed by atoms with Gasteiger partial charge in [-0.15, -0.1) is 5.10 Å². The number of ether oxygens (including phenoxy) is 1. The van der Waals surface area contributed by atoms with Crippen molar-refractivity contribution in [3.05, 3.63) is 124 Å². The maximum atomic E-state index is 14.0. The van der Waals surface area contributed by atoms with Gasteiger partial charge in [-0.2, -0.15) is 5.10 Å². The summed E-state index contributed by atoms with van der Waals surface area (Å²) in [5.74, 6) is -0.0429. The first-order chi connectivity index (χ1) is 20.0. The summed E-state index contributed by atoms with van der Waals surface area (Å²) in [6.45, 7) is 1.90. The lowest BCUT2D eigenvalue weighted by Gasteiger charge is -2.12. The van der Waals surface area contributed by atoms with Crippen LogP contribution < -0.4 is 10.1 Å². The molecule has 3 aromatic carbocycles. The number of amidine groups is 1. The lowest BCUT2D eigenvalue weighted by Crippen LogP contribution is -2.28. The van der Waals surface area contributed by atoms with Crippen molar-refractivity contribution in [1.29, 1.82) is 0 Å². The van der Waals surface area contributed by atoms with Gasteiger partial charge in [-0.05, 0) is 61.2 Å². The number of rotatable bonds is 9. The number of carbonyl (C=O) groups is 2. The van der Waals surface area contributed by atoms with Crippen LogP contribution in [0.2, 0.25) is 0 Å². The zero-order valence-corrected chi connectivity index (χ0v) is 22.8. The summed E-state index contributed by atoms with van der Waals surface area (Å²) >= 11 is 1.12. The summed E-state index contributed by atoms with van der Waals surface area (Å²) in [5, 5.41) is 11.3. The van der Waals surface area contributed by atoms with Gasteiger partial charge in [-0.25, -0.2) is 4.39 Å². The van der Waals surface area contributed by atoms with Crippen molar-refractivity contribution in [2.24, 2.45) is 10.2 Å². The molecule has 10 heteroatoms. The Morgan fingerprint density at radius 3 is 2.54 bits per heavy atom. The van der Waals surface area contributed by atoms with Crippen molar-refractivity contribution in [3.8, 4) is 5.75 Å². The number of nitrogens with one attached hydrogen (secondary N) is 1. The number of thioether (sulfide) groups is 1. The lowest BCUT2D eigenvalue weighted by molar-refractivity contribution is -0.122. The van der Waals surface area contributed by atoms with Crippen molar-refractivity contribution in [2.45, 2.75) is 13.5 Å². The van der Waals surface area contributed by atoms with E-state index in [2.05, 4.69) is 15.5 Å². The number of nitrogens with zero attached hydrogens (tertiary/aromatic N) is 3. The van der Waals surface area contributed by atoms with Crippen LogP contribution in [-0.2, 0) is 16.1 Å². The third kappa shape index (κ3) is 7.17. The Balaban J connectivity index is 1.34. The molecule has 0 bridgehead atoms. The van der Waals surface area contributed by atoms with E-state index in [9.17, 15) is 14.0 Å². The molecule has 0 unspecified atom stereocenters. The Morgan fingerprint density at radius 1 is 1.02 bits per heavy atom. The second kappa shape index (κ2) is 12.9. The van der Waals surface area contributed by atoms with Gasteiger partial charge in [0.1, 0.15) is 17.3 Å².